The number of benzene rings is 1. The van der Waals surface area contributed by atoms with Gasteiger partial charge in [-0.1, -0.05) is 34.2 Å². The second-order valence-corrected chi connectivity index (χ2v) is 7.77. The van der Waals surface area contributed by atoms with E-state index in [2.05, 4.69) is 62.1 Å². The molecular formula is C22H27BrN2O2. The highest BCUT2D eigenvalue weighted by molar-refractivity contribution is 9.10. The number of nitrogens with zero attached hydrogens (tertiary/aromatic N) is 1. The van der Waals surface area contributed by atoms with Crippen molar-refractivity contribution in [1.82, 2.24) is 9.88 Å². The van der Waals surface area contributed by atoms with E-state index in [0.717, 1.165) is 55.2 Å². The van der Waals surface area contributed by atoms with E-state index in [-0.39, 0.29) is 6.04 Å². The third kappa shape index (κ3) is 4.53. The lowest BCUT2D eigenvalue weighted by Crippen LogP contribution is -2.34. The molecular weight excluding hydrogens is 404 g/mol. The number of carbonyl (C=O) groups is 1. The Morgan fingerprint density at radius 3 is 2.85 bits per heavy atom. The Morgan fingerprint density at radius 1 is 1.37 bits per heavy atom. The summed E-state index contributed by atoms with van der Waals surface area (Å²) in [6.45, 7) is 3.57. The van der Waals surface area contributed by atoms with E-state index >= 15 is 0 Å². The second-order valence-electron chi connectivity index (χ2n) is 6.86. The van der Waals surface area contributed by atoms with E-state index < -0.39 is 0 Å². The van der Waals surface area contributed by atoms with Gasteiger partial charge in [-0.15, -0.1) is 0 Å². The van der Waals surface area contributed by atoms with Gasteiger partial charge in [-0.2, -0.15) is 0 Å². The van der Waals surface area contributed by atoms with Crippen LogP contribution in [0, 0.1) is 0 Å². The maximum atomic E-state index is 11.6. The Morgan fingerprint density at radius 2 is 2.19 bits per heavy atom. The number of H-pyrrole nitrogens is 1. The molecule has 1 aromatic heterocycles. The fourth-order valence-electron chi connectivity index (χ4n) is 3.74. The largest absolute Gasteiger partial charge is 0.385 e. The molecule has 4 nitrogen and oxygen atoms in total. The number of rotatable bonds is 4. The number of hydrogen-bond acceptors (Lipinski definition) is 2. The summed E-state index contributed by atoms with van der Waals surface area (Å²) in [7, 11) is 1.68. The summed E-state index contributed by atoms with van der Waals surface area (Å²) in [5.41, 5.74) is 5.06. The van der Waals surface area contributed by atoms with Crippen LogP contribution in [0.15, 0.2) is 46.5 Å². The molecule has 144 valence electrons. The van der Waals surface area contributed by atoms with Gasteiger partial charge in [0.2, 0.25) is 6.41 Å². The zero-order chi connectivity index (χ0) is 19.2. The minimum absolute atomic E-state index is 0.108. The van der Waals surface area contributed by atoms with E-state index in [1.807, 2.05) is 11.8 Å². The number of carbonyl (C=O) groups excluding carboxylic acids is 1. The minimum Gasteiger partial charge on any atom is -0.385 e. The molecule has 4 rings (SSSR count). The van der Waals surface area contributed by atoms with E-state index in [9.17, 15) is 4.79 Å². The van der Waals surface area contributed by atoms with Gasteiger partial charge in [0.1, 0.15) is 0 Å². The van der Waals surface area contributed by atoms with Crippen molar-refractivity contribution in [3.8, 4) is 0 Å². The van der Waals surface area contributed by atoms with Crippen molar-refractivity contribution < 1.29 is 9.53 Å². The number of halogens is 1. The normalized spacial score (nSPS) is 18.6. The van der Waals surface area contributed by atoms with Crippen LogP contribution in [0.4, 0.5) is 0 Å². The first-order valence-corrected chi connectivity index (χ1v) is 10.3. The standard InChI is InChI=1S/C19H19BrN2O.C3H8O/c20-14-6-7-17-16(11-14)15-8-9-22(12-23)18(19(15)21-17)10-13-4-2-1-3-5-13;1-3-4-2/h2,4-7,11-12,18,21H,1,3,8-10H2;3H2,1-2H3. The maximum absolute atomic E-state index is 11.6. The summed E-state index contributed by atoms with van der Waals surface area (Å²) in [4.78, 5) is 17.1. The van der Waals surface area contributed by atoms with Crippen molar-refractivity contribution in [1.29, 1.82) is 0 Å². The number of hydrogen-bond donors (Lipinski definition) is 1. The number of methoxy groups -OCH3 is 1. The van der Waals surface area contributed by atoms with Crippen molar-refractivity contribution in [3.05, 3.63) is 57.7 Å². The van der Waals surface area contributed by atoms with Crippen LogP contribution >= 0.6 is 15.9 Å². The van der Waals surface area contributed by atoms with Crippen molar-refractivity contribution >= 4 is 33.2 Å². The lowest BCUT2D eigenvalue weighted by Gasteiger charge is -2.33. The first kappa shape index (κ1) is 19.9. The Labute approximate surface area is 169 Å². The third-order valence-corrected chi connectivity index (χ3v) is 5.67. The summed E-state index contributed by atoms with van der Waals surface area (Å²) in [6.07, 6.45) is 11.8. The van der Waals surface area contributed by atoms with Crippen LogP contribution in [0.25, 0.3) is 10.9 Å². The average Bonchev–Trinajstić information content (AvgIpc) is 3.07. The van der Waals surface area contributed by atoms with Gasteiger partial charge in [-0.3, -0.25) is 4.79 Å². The molecule has 1 aromatic carbocycles. The fraction of sp³-hybridized carbons (Fsp3) is 0.409. The Balaban J connectivity index is 0.000000481. The lowest BCUT2D eigenvalue weighted by atomic mass is 9.91. The number of aromatic amines is 1. The van der Waals surface area contributed by atoms with Crippen molar-refractivity contribution in [2.75, 3.05) is 20.3 Å². The quantitative estimate of drug-likeness (QED) is 0.668. The minimum atomic E-state index is 0.108. The third-order valence-electron chi connectivity index (χ3n) is 5.18. The van der Waals surface area contributed by atoms with Crippen molar-refractivity contribution in [2.24, 2.45) is 0 Å². The van der Waals surface area contributed by atoms with Crippen LogP contribution in [0.1, 0.15) is 43.5 Å². The molecule has 1 aliphatic heterocycles. The second kappa shape index (κ2) is 9.38. The van der Waals surface area contributed by atoms with Gasteiger partial charge < -0.3 is 14.6 Å². The van der Waals surface area contributed by atoms with E-state index in [1.54, 1.807) is 7.11 Å². The predicted octanol–water partition coefficient (Wildman–Crippen LogP) is 5.31. The topological polar surface area (TPSA) is 45.3 Å². The van der Waals surface area contributed by atoms with Crippen LogP contribution in [0.5, 0.6) is 0 Å². The number of fused-ring (bicyclic) bond motifs is 3. The van der Waals surface area contributed by atoms with E-state index in [0.29, 0.717) is 0 Å². The van der Waals surface area contributed by atoms with Crippen LogP contribution < -0.4 is 0 Å². The molecule has 2 aliphatic rings. The molecule has 2 aromatic rings. The molecule has 0 fully saturated rings. The number of nitrogens with one attached hydrogen (secondary N) is 1. The van der Waals surface area contributed by atoms with E-state index in [1.165, 1.54) is 22.2 Å². The highest BCUT2D eigenvalue weighted by atomic mass is 79.9. The molecule has 5 heteroatoms. The lowest BCUT2D eigenvalue weighted by molar-refractivity contribution is -0.120. The molecule has 0 saturated heterocycles. The molecule has 0 radical (unpaired) electrons. The fourth-order valence-corrected chi connectivity index (χ4v) is 4.11. The predicted molar refractivity (Wildman–Crippen MR) is 114 cm³/mol. The van der Waals surface area contributed by atoms with Gasteiger partial charge in [0, 0.05) is 41.3 Å². The van der Waals surface area contributed by atoms with Gasteiger partial charge in [0.15, 0.2) is 0 Å². The Bertz CT molecular complexity index is 851. The number of amides is 1. The molecule has 1 aliphatic carbocycles. The molecule has 1 amide bonds. The molecule has 0 bridgehead atoms. The van der Waals surface area contributed by atoms with Crippen molar-refractivity contribution in [3.63, 3.8) is 0 Å². The smallest absolute Gasteiger partial charge is 0.210 e. The molecule has 1 N–H and O–H groups in total. The first-order valence-electron chi connectivity index (χ1n) is 9.53. The summed E-state index contributed by atoms with van der Waals surface area (Å²) in [5.74, 6) is 0. The van der Waals surface area contributed by atoms with Crippen LogP contribution in [0.2, 0.25) is 0 Å². The van der Waals surface area contributed by atoms with Gasteiger partial charge in [-0.25, -0.2) is 0 Å². The summed E-state index contributed by atoms with van der Waals surface area (Å²) in [6, 6.07) is 6.46. The zero-order valence-corrected chi connectivity index (χ0v) is 17.6. The molecule has 2 heterocycles. The van der Waals surface area contributed by atoms with Crippen LogP contribution in [-0.4, -0.2) is 36.6 Å². The maximum Gasteiger partial charge on any atom is 0.210 e. The number of allylic oxidation sites excluding steroid dienone is 3. The van der Waals surface area contributed by atoms with Gasteiger partial charge >= 0.3 is 0 Å². The average molecular weight is 431 g/mol. The van der Waals surface area contributed by atoms with Crippen LogP contribution in [0.3, 0.4) is 0 Å². The van der Waals surface area contributed by atoms with Gasteiger partial charge in [-0.05, 0) is 61.9 Å². The monoisotopic (exact) mass is 430 g/mol. The molecule has 0 saturated carbocycles. The summed E-state index contributed by atoms with van der Waals surface area (Å²) < 4.78 is 5.64. The highest BCUT2D eigenvalue weighted by Gasteiger charge is 2.30. The molecule has 0 spiro atoms. The summed E-state index contributed by atoms with van der Waals surface area (Å²) in [5, 5.41) is 1.28. The molecule has 1 unspecified atom stereocenters. The highest BCUT2D eigenvalue weighted by Crippen LogP contribution is 2.38. The van der Waals surface area contributed by atoms with E-state index in [4.69, 9.17) is 0 Å². The SMILES string of the molecule is CCOC.O=CN1CCc2c([nH]c3ccc(Br)cc23)C1CC1=CCCC=C1. The molecule has 27 heavy (non-hydrogen) atoms. The number of aromatic nitrogens is 1. The Hall–Kier alpha value is -1.85. The van der Waals surface area contributed by atoms with Gasteiger partial charge in [0.25, 0.3) is 0 Å². The molecule has 1 atom stereocenters. The van der Waals surface area contributed by atoms with Crippen molar-refractivity contribution in [2.45, 2.75) is 38.6 Å². The van der Waals surface area contributed by atoms with Crippen LogP contribution in [-0.2, 0) is 16.0 Å². The Kier molecular flexibility index (Phi) is 6.91. The zero-order valence-electron chi connectivity index (χ0n) is 16.0. The first-order chi connectivity index (χ1) is 13.2. The number of ether oxygens (including phenoxy) is 1. The summed E-state index contributed by atoms with van der Waals surface area (Å²) >= 11 is 3.57. The van der Waals surface area contributed by atoms with Gasteiger partial charge in [0.05, 0.1) is 6.04 Å².